The van der Waals surface area contributed by atoms with Crippen LogP contribution >= 0.6 is 0 Å². The van der Waals surface area contributed by atoms with Gasteiger partial charge in [-0.15, -0.1) is 0 Å². The maximum absolute atomic E-state index is 5.66. The van der Waals surface area contributed by atoms with E-state index in [0.29, 0.717) is 0 Å². The molecule has 4 fully saturated rings. The molecule has 0 N–H and O–H groups in total. The van der Waals surface area contributed by atoms with Gasteiger partial charge in [0.1, 0.15) is 0 Å². The number of hydrogen-bond acceptors (Lipinski definition) is 2. The Kier molecular flexibility index (Phi) is 1.88. The molecular weight excluding hydrogens is 234 g/mol. The normalized spacial score (nSPS) is 48.8. The lowest BCUT2D eigenvalue weighted by molar-refractivity contribution is -0.0329. The van der Waals surface area contributed by atoms with Gasteiger partial charge >= 0.3 is 0 Å². The van der Waals surface area contributed by atoms with E-state index in [4.69, 9.17) is 9.73 Å². The van der Waals surface area contributed by atoms with Gasteiger partial charge in [-0.05, 0) is 67.9 Å². The third kappa shape index (κ3) is 1.30. The van der Waals surface area contributed by atoms with Crippen LogP contribution in [0, 0.1) is 23.7 Å². The Bertz CT molecular complexity index is 524. The van der Waals surface area contributed by atoms with Gasteiger partial charge in [0, 0.05) is 5.57 Å². The largest absolute Gasteiger partial charge is 0.446 e. The number of allylic oxidation sites excluding steroid dienone is 2. The highest BCUT2D eigenvalue weighted by Gasteiger charge is 2.57. The van der Waals surface area contributed by atoms with Gasteiger partial charge in [-0.3, -0.25) is 0 Å². The third-order valence-electron chi connectivity index (χ3n) is 6.05. The maximum Gasteiger partial charge on any atom is 0.222 e. The molecule has 2 nitrogen and oxygen atoms in total. The fourth-order valence-electron chi connectivity index (χ4n) is 5.43. The molecule has 0 saturated heterocycles. The molecule has 0 aromatic carbocycles. The quantitative estimate of drug-likeness (QED) is 0.646. The van der Waals surface area contributed by atoms with Crippen molar-refractivity contribution < 1.29 is 4.74 Å². The number of aliphatic imine (C=N–C) groups is 1. The van der Waals surface area contributed by atoms with Gasteiger partial charge in [0.05, 0.1) is 11.8 Å². The van der Waals surface area contributed by atoms with E-state index in [0.717, 1.165) is 35.1 Å². The van der Waals surface area contributed by atoms with Crippen LogP contribution in [0.3, 0.4) is 0 Å². The summed E-state index contributed by atoms with van der Waals surface area (Å²) >= 11 is 0. The number of hydrogen-bond donors (Lipinski definition) is 0. The molecule has 2 heteroatoms. The molecule has 4 bridgehead atoms. The van der Waals surface area contributed by atoms with Crippen LogP contribution in [0.15, 0.2) is 41.1 Å². The minimum Gasteiger partial charge on any atom is -0.446 e. The van der Waals surface area contributed by atoms with Crippen LogP contribution in [0.4, 0.5) is 0 Å². The van der Waals surface area contributed by atoms with Gasteiger partial charge in [-0.1, -0.05) is 12.2 Å². The first-order chi connectivity index (χ1) is 9.33. The van der Waals surface area contributed by atoms with Crippen LogP contribution in [-0.2, 0) is 4.74 Å². The van der Waals surface area contributed by atoms with Crippen molar-refractivity contribution in [1.82, 2.24) is 0 Å². The fraction of sp³-hybridized carbons (Fsp3) is 0.588. The Morgan fingerprint density at radius 1 is 1.05 bits per heavy atom. The lowest BCUT2D eigenvalue weighted by Gasteiger charge is -2.59. The van der Waals surface area contributed by atoms with E-state index in [-0.39, 0.29) is 5.54 Å². The first kappa shape index (κ1) is 10.5. The van der Waals surface area contributed by atoms with Gasteiger partial charge in [-0.2, -0.15) is 0 Å². The SMILES string of the molecule is C1=COC2=NC3(C=CC2=C1)C1CC2CC(C1)CC3C2. The molecule has 98 valence electrons. The summed E-state index contributed by atoms with van der Waals surface area (Å²) in [5.41, 5.74) is 1.22. The average Bonchev–Trinajstić information content (AvgIpc) is 2.44. The van der Waals surface area contributed by atoms with Crippen LogP contribution in [0.2, 0.25) is 0 Å². The summed E-state index contributed by atoms with van der Waals surface area (Å²) in [6.07, 6.45) is 17.5. The first-order valence-electron chi connectivity index (χ1n) is 7.66. The van der Waals surface area contributed by atoms with Crippen molar-refractivity contribution in [1.29, 1.82) is 0 Å². The van der Waals surface area contributed by atoms with Crippen molar-refractivity contribution in [2.45, 2.75) is 37.6 Å². The molecule has 6 aliphatic rings. The monoisotopic (exact) mass is 253 g/mol. The van der Waals surface area contributed by atoms with E-state index in [9.17, 15) is 0 Å². The number of rotatable bonds is 0. The number of ether oxygens (including phenoxy) is 1. The van der Waals surface area contributed by atoms with Crippen molar-refractivity contribution in [3.8, 4) is 0 Å². The summed E-state index contributed by atoms with van der Waals surface area (Å²) in [4.78, 5) is 5.12. The Morgan fingerprint density at radius 2 is 1.79 bits per heavy atom. The second kappa shape index (κ2) is 3.41. The molecule has 4 aliphatic carbocycles. The van der Waals surface area contributed by atoms with E-state index in [1.807, 2.05) is 6.08 Å². The molecule has 1 spiro atoms. The molecule has 19 heavy (non-hydrogen) atoms. The van der Waals surface area contributed by atoms with Crippen LogP contribution in [0.25, 0.3) is 0 Å². The van der Waals surface area contributed by atoms with Crippen molar-refractivity contribution in [2.24, 2.45) is 28.7 Å². The summed E-state index contributed by atoms with van der Waals surface area (Å²) in [5, 5.41) is 0. The third-order valence-corrected chi connectivity index (χ3v) is 6.05. The van der Waals surface area contributed by atoms with Gasteiger partial charge in [0.15, 0.2) is 0 Å². The van der Waals surface area contributed by atoms with Crippen molar-refractivity contribution in [3.63, 3.8) is 0 Å². The minimum absolute atomic E-state index is 0.0747. The molecule has 0 aromatic heterocycles. The van der Waals surface area contributed by atoms with Crippen LogP contribution in [0.1, 0.15) is 32.1 Å². The summed E-state index contributed by atoms with van der Waals surface area (Å²) in [5.74, 6) is 4.38. The Hall–Kier alpha value is -1.31. The average molecular weight is 253 g/mol. The van der Waals surface area contributed by atoms with E-state index in [2.05, 4.69) is 18.2 Å². The Morgan fingerprint density at radius 3 is 2.53 bits per heavy atom. The molecule has 0 radical (unpaired) electrons. The van der Waals surface area contributed by atoms with Gasteiger partial charge < -0.3 is 4.74 Å². The summed E-state index contributed by atoms with van der Waals surface area (Å²) in [6, 6.07) is 0. The standard InChI is InChI=1S/C17H19NO/c1-2-13-3-4-17(18-16(13)19-5-1)14-7-11-6-12(9-14)10-15(17)8-11/h1-5,11-12,14-15H,6-10H2. The predicted molar refractivity (Wildman–Crippen MR) is 74.7 cm³/mol. The van der Waals surface area contributed by atoms with Crippen molar-refractivity contribution >= 4 is 5.90 Å². The van der Waals surface area contributed by atoms with Crippen molar-refractivity contribution in [2.75, 3.05) is 0 Å². The first-order valence-corrected chi connectivity index (χ1v) is 7.66. The number of fused-ring (bicyclic) bond motifs is 1. The molecule has 0 aromatic rings. The molecule has 0 atom stereocenters. The summed E-state index contributed by atoms with van der Waals surface area (Å²) < 4.78 is 5.66. The predicted octanol–water partition coefficient (Wildman–Crippen LogP) is 3.62. The highest BCUT2D eigenvalue weighted by molar-refractivity contribution is 5.99. The van der Waals surface area contributed by atoms with E-state index < -0.39 is 0 Å². The lowest BCUT2D eigenvalue weighted by atomic mass is 9.48. The topological polar surface area (TPSA) is 21.6 Å². The van der Waals surface area contributed by atoms with Gasteiger partial charge in [0.25, 0.3) is 0 Å². The van der Waals surface area contributed by atoms with E-state index in [1.54, 1.807) is 6.26 Å². The molecule has 4 saturated carbocycles. The lowest BCUT2D eigenvalue weighted by Crippen LogP contribution is -2.56. The summed E-state index contributed by atoms with van der Waals surface area (Å²) in [7, 11) is 0. The van der Waals surface area contributed by atoms with Crippen molar-refractivity contribution in [3.05, 3.63) is 36.1 Å². The van der Waals surface area contributed by atoms with E-state index >= 15 is 0 Å². The van der Waals surface area contributed by atoms with E-state index in [1.165, 1.54) is 32.1 Å². The zero-order chi connectivity index (χ0) is 12.4. The van der Waals surface area contributed by atoms with Gasteiger partial charge in [-0.25, -0.2) is 4.99 Å². The molecular formula is C17H19NO. The van der Waals surface area contributed by atoms with Crippen LogP contribution in [-0.4, -0.2) is 11.4 Å². The number of dihydropyridines is 1. The second-order valence-corrected chi connectivity index (χ2v) is 7.01. The highest BCUT2D eigenvalue weighted by atomic mass is 16.5. The number of nitrogens with zero attached hydrogens (tertiary/aromatic N) is 1. The zero-order valence-electron chi connectivity index (χ0n) is 11.1. The molecule has 0 amide bonds. The molecule has 0 unspecified atom stereocenters. The highest BCUT2D eigenvalue weighted by Crippen LogP contribution is 2.60. The van der Waals surface area contributed by atoms with Gasteiger partial charge in [0.2, 0.25) is 5.90 Å². The Balaban J connectivity index is 1.60. The molecule has 6 rings (SSSR count). The minimum atomic E-state index is 0.0747. The second-order valence-electron chi connectivity index (χ2n) is 7.01. The smallest absolute Gasteiger partial charge is 0.222 e. The molecule has 2 heterocycles. The summed E-state index contributed by atoms with van der Waals surface area (Å²) in [6.45, 7) is 0. The zero-order valence-corrected chi connectivity index (χ0v) is 11.1. The maximum atomic E-state index is 5.66. The van der Waals surface area contributed by atoms with Crippen LogP contribution in [0.5, 0.6) is 0 Å². The molecule has 2 aliphatic heterocycles. The fourth-order valence-corrected chi connectivity index (χ4v) is 5.43. The van der Waals surface area contributed by atoms with Crippen LogP contribution < -0.4 is 0 Å². The Labute approximate surface area is 113 Å².